The number of carbonyl (C=O) groups excluding carboxylic acids is 1. The number of ether oxygens (including phenoxy) is 1. The van der Waals surface area contributed by atoms with Crippen molar-refractivity contribution in [1.82, 2.24) is 9.78 Å². The number of benzene rings is 1. The van der Waals surface area contributed by atoms with Gasteiger partial charge in [-0.2, -0.15) is 5.10 Å². The lowest BCUT2D eigenvalue weighted by molar-refractivity contribution is 0.0466. The number of hydrogen-bond donors (Lipinski definition) is 1. The largest absolute Gasteiger partial charge is 0.456 e. The summed E-state index contributed by atoms with van der Waals surface area (Å²) in [5, 5.41) is 3.95. The minimum absolute atomic E-state index is 0.146. The van der Waals surface area contributed by atoms with Crippen LogP contribution < -0.4 is 5.73 Å². The van der Waals surface area contributed by atoms with Crippen molar-refractivity contribution in [2.24, 2.45) is 7.05 Å². The summed E-state index contributed by atoms with van der Waals surface area (Å²) in [6.45, 7) is 0.189. The predicted molar refractivity (Wildman–Crippen MR) is 70.9 cm³/mol. The highest BCUT2D eigenvalue weighted by Gasteiger charge is 2.15. The van der Waals surface area contributed by atoms with Gasteiger partial charge in [0, 0.05) is 17.7 Å². The maximum Gasteiger partial charge on any atom is 0.361 e. The molecular weight excluding hydrogens is 298 g/mol. The van der Waals surface area contributed by atoms with Gasteiger partial charge in [-0.05, 0) is 17.7 Å². The van der Waals surface area contributed by atoms with Crippen molar-refractivity contribution >= 4 is 27.6 Å². The van der Waals surface area contributed by atoms with E-state index < -0.39 is 5.97 Å². The maximum atomic E-state index is 11.7. The number of halogens is 1. The summed E-state index contributed by atoms with van der Waals surface area (Å²) in [6.07, 6.45) is 1.57. The Hall–Kier alpha value is -1.82. The third-order valence-corrected chi connectivity index (χ3v) is 2.80. The Morgan fingerprint density at radius 2 is 2.33 bits per heavy atom. The van der Waals surface area contributed by atoms with Crippen LogP contribution in [0.3, 0.4) is 0 Å². The second kappa shape index (κ2) is 5.22. The molecule has 0 aliphatic rings. The quantitative estimate of drug-likeness (QED) is 0.882. The van der Waals surface area contributed by atoms with E-state index in [9.17, 15) is 4.79 Å². The molecule has 18 heavy (non-hydrogen) atoms. The highest BCUT2D eigenvalue weighted by molar-refractivity contribution is 9.10. The van der Waals surface area contributed by atoms with E-state index in [4.69, 9.17) is 10.5 Å². The summed E-state index contributed by atoms with van der Waals surface area (Å²) in [4.78, 5) is 11.7. The van der Waals surface area contributed by atoms with Gasteiger partial charge in [0.2, 0.25) is 0 Å². The van der Waals surface area contributed by atoms with Crippen molar-refractivity contribution in [2.75, 3.05) is 5.73 Å². The van der Waals surface area contributed by atoms with Crippen molar-refractivity contribution in [3.05, 3.63) is 46.2 Å². The Balaban J connectivity index is 2.03. The summed E-state index contributed by atoms with van der Waals surface area (Å²) >= 11 is 3.35. The fourth-order valence-electron chi connectivity index (χ4n) is 1.51. The molecule has 2 aromatic rings. The SMILES string of the molecule is Cn1cc(N)c(C(=O)OCc2cccc(Br)c2)n1. The van der Waals surface area contributed by atoms with Gasteiger partial charge in [0.05, 0.1) is 5.69 Å². The lowest BCUT2D eigenvalue weighted by Crippen LogP contribution is -2.08. The number of hydrogen-bond acceptors (Lipinski definition) is 4. The summed E-state index contributed by atoms with van der Waals surface area (Å²) in [5.74, 6) is -0.520. The van der Waals surface area contributed by atoms with Gasteiger partial charge in [-0.25, -0.2) is 4.79 Å². The molecule has 0 fully saturated rings. The number of aromatic nitrogens is 2. The molecule has 0 saturated heterocycles. The number of nitrogen functional groups attached to an aromatic ring is 1. The Labute approximate surface area is 113 Å². The van der Waals surface area contributed by atoms with Crippen LogP contribution in [0.25, 0.3) is 0 Å². The molecule has 2 N–H and O–H groups in total. The number of anilines is 1. The van der Waals surface area contributed by atoms with E-state index in [1.54, 1.807) is 13.2 Å². The van der Waals surface area contributed by atoms with E-state index in [1.807, 2.05) is 24.3 Å². The molecule has 0 saturated carbocycles. The first-order chi connectivity index (χ1) is 8.56. The molecule has 0 spiro atoms. The number of nitrogens with two attached hydrogens (primary N) is 1. The van der Waals surface area contributed by atoms with Crippen LogP contribution in [0.4, 0.5) is 5.69 Å². The van der Waals surface area contributed by atoms with Crippen molar-refractivity contribution in [1.29, 1.82) is 0 Å². The first-order valence-electron chi connectivity index (χ1n) is 5.27. The van der Waals surface area contributed by atoms with Crippen LogP contribution in [0, 0.1) is 0 Å². The Bertz CT molecular complexity index is 580. The van der Waals surface area contributed by atoms with E-state index >= 15 is 0 Å². The van der Waals surface area contributed by atoms with Gasteiger partial charge in [-0.1, -0.05) is 28.1 Å². The fraction of sp³-hybridized carbons (Fsp3) is 0.167. The second-order valence-electron chi connectivity index (χ2n) is 3.81. The molecule has 94 valence electrons. The van der Waals surface area contributed by atoms with Gasteiger partial charge >= 0.3 is 5.97 Å². The van der Waals surface area contributed by atoms with Crippen LogP contribution in [0.5, 0.6) is 0 Å². The van der Waals surface area contributed by atoms with E-state index in [2.05, 4.69) is 21.0 Å². The molecule has 0 amide bonds. The van der Waals surface area contributed by atoms with E-state index in [0.717, 1.165) is 10.0 Å². The summed E-state index contributed by atoms with van der Waals surface area (Å²) in [5.41, 5.74) is 7.00. The number of esters is 1. The average molecular weight is 310 g/mol. The molecule has 0 unspecified atom stereocenters. The normalized spacial score (nSPS) is 10.3. The standard InChI is InChI=1S/C12H12BrN3O2/c1-16-6-10(14)11(15-16)12(17)18-7-8-3-2-4-9(13)5-8/h2-6H,7,14H2,1H3. The van der Waals surface area contributed by atoms with Gasteiger partial charge in [-0.3, -0.25) is 4.68 Å². The van der Waals surface area contributed by atoms with Crippen LogP contribution in [0.15, 0.2) is 34.9 Å². The van der Waals surface area contributed by atoms with Crippen LogP contribution in [0.2, 0.25) is 0 Å². The number of carbonyl (C=O) groups is 1. The lowest BCUT2D eigenvalue weighted by Gasteiger charge is -2.04. The van der Waals surface area contributed by atoms with Crippen molar-refractivity contribution in [2.45, 2.75) is 6.61 Å². The molecule has 0 radical (unpaired) electrons. The fourth-order valence-corrected chi connectivity index (χ4v) is 1.96. The van der Waals surface area contributed by atoms with Crippen LogP contribution in [-0.2, 0) is 18.4 Å². The predicted octanol–water partition coefficient (Wildman–Crippen LogP) is 2.12. The molecule has 1 heterocycles. The Kier molecular flexibility index (Phi) is 3.66. The Morgan fingerprint density at radius 1 is 1.56 bits per heavy atom. The van der Waals surface area contributed by atoms with Gasteiger partial charge in [-0.15, -0.1) is 0 Å². The van der Waals surface area contributed by atoms with Gasteiger partial charge < -0.3 is 10.5 Å². The van der Waals surface area contributed by atoms with E-state index in [-0.39, 0.29) is 12.3 Å². The molecule has 6 heteroatoms. The highest BCUT2D eigenvalue weighted by Crippen LogP contribution is 2.14. The first kappa shape index (κ1) is 12.6. The monoisotopic (exact) mass is 309 g/mol. The molecule has 0 aliphatic carbocycles. The summed E-state index contributed by atoms with van der Waals surface area (Å²) in [6, 6.07) is 7.54. The Morgan fingerprint density at radius 3 is 2.94 bits per heavy atom. The smallest absolute Gasteiger partial charge is 0.361 e. The number of aryl methyl sites for hydroxylation is 1. The molecular formula is C12H12BrN3O2. The van der Waals surface area contributed by atoms with E-state index in [1.165, 1.54) is 4.68 Å². The summed E-state index contributed by atoms with van der Waals surface area (Å²) < 4.78 is 7.56. The zero-order valence-corrected chi connectivity index (χ0v) is 11.3. The molecule has 2 rings (SSSR count). The van der Waals surface area contributed by atoms with Crippen LogP contribution >= 0.6 is 15.9 Å². The average Bonchev–Trinajstić information content (AvgIpc) is 2.66. The van der Waals surface area contributed by atoms with E-state index in [0.29, 0.717) is 5.69 Å². The first-order valence-corrected chi connectivity index (χ1v) is 6.06. The molecule has 0 bridgehead atoms. The minimum atomic E-state index is -0.520. The van der Waals surface area contributed by atoms with Crippen LogP contribution in [-0.4, -0.2) is 15.7 Å². The molecule has 0 aliphatic heterocycles. The zero-order valence-electron chi connectivity index (χ0n) is 9.76. The summed E-state index contributed by atoms with van der Waals surface area (Å²) in [7, 11) is 1.70. The van der Waals surface area contributed by atoms with Gasteiger partial charge in [0.15, 0.2) is 5.69 Å². The third kappa shape index (κ3) is 2.89. The highest BCUT2D eigenvalue weighted by atomic mass is 79.9. The van der Waals surface area contributed by atoms with Crippen molar-refractivity contribution in [3.8, 4) is 0 Å². The number of rotatable bonds is 3. The topological polar surface area (TPSA) is 70.1 Å². The van der Waals surface area contributed by atoms with Gasteiger partial charge in [0.1, 0.15) is 6.61 Å². The minimum Gasteiger partial charge on any atom is -0.456 e. The molecule has 1 aromatic heterocycles. The number of nitrogens with zero attached hydrogens (tertiary/aromatic N) is 2. The molecule has 1 aromatic carbocycles. The van der Waals surface area contributed by atoms with Crippen LogP contribution in [0.1, 0.15) is 16.1 Å². The lowest BCUT2D eigenvalue weighted by atomic mass is 10.2. The second-order valence-corrected chi connectivity index (χ2v) is 4.73. The van der Waals surface area contributed by atoms with Gasteiger partial charge in [0.25, 0.3) is 0 Å². The molecule has 5 nitrogen and oxygen atoms in total. The zero-order chi connectivity index (χ0) is 13.1. The van der Waals surface area contributed by atoms with Crippen molar-refractivity contribution in [3.63, 3.8) is 0 Å². The third-order valence-electron chi connectivity index (χ3n) is 2.31. The van der Waals surface area contributed by atoms with Crippen molar-refractivity contribution < 1.29 is 9.53 Å². The maximum absolute atomic E-state index is 11.7. The molecule has 0 atom stereocenters.